The van der Waals surface area contributed by atoms with E-state index in [1.54, 1.807) is 0 Å². The summed E-state index contributed by atoms with van der Waals surface area (Å²) in [5.74, 6) is 0.0209. The van der Waals surface area contributed by atoms with Gasteiger partial charge < -0.3 is 9.84 Å². The standard InChI is InChI=1S/C9H18O4S/c1-9(5-3-6-13-9)8(10)4-7-14(2,11)12/h8,10H,3-7H2,1-2H3. The normalized spacial score (nSPS) is 30.5. The predicted octanol–water partition coefficient (Wildman–Crippen LogP) is 0.351. The third-order valence-electron chi connectivity index (χ3n) is 2.72. The van der Waals surface area contributed by atoms with Crippen molar-refractivity contribution in [3.05, 3.63) is 0 Å². The Hall–Kier alpha value is -0.130. The molecule has 0 spiro atoms. The molecule has 1 N–H and O–H groups in total. The molecule has 0 aliphatic carbocycles. The van der Waals surface area contributed by atoms with Crippen LogP contribution in [0, 0.1) is 0 Å². The highest BCUT2D eigenvalue weighted by Gasteiger charge is 2.37. The van der Waals surface area contributed by atoms with Gasteiger partial charge in [-0.05, 0) is 26.2 Å². The Kier molecular flexibility index (Phi) is 3.55. The van der Waals surface area contributed by atoms with Gasteiger partial charge in [0.15, 0.2) is 0 Å². The summed E-state index contributed by atoms with van der Waals surface area (Å²) in [5, 5.41) is 9.78. The van der Waals surface area contributed by atoms with Gasteiger partial charge in [0.25, 0.3) is 0 Å². The van der Waals surface area contributed by atoms with Crippen LogP contribution in [0.4, 0.5) is 0 Å². The van der Waals surface area contributed by atoms with Crippen LogP contribution in [0.2, 0.25) is 0 Å². The highest BCUT2D eigenvalue weighted by Crippen LogP contribution is 2.30. The zero-order valence-electron chi connectivity index (χ0n) is 8.69. The molecule has 1 rings (SSSR count). The van der Waals surface area contributed by atoms with E-state index in [1.807, 2.05) is 6.92 Å². The third-order valence-corrected chi connectivity index (χ3v) is 3.69. The first-order valence-electron chi connectivity index (χ1n) is 4.83. The zero-order chi connectivity index (χ0) is 10.8. The van der Waals surface area contributed by atoms with Crippen molar-refractivity contribution in [2.45, 2.75) is 37.9 Å². The Morgan fingerprint density at radius 2 is 2.21 bits per heavy atom. The number of hydrogen-bond acceptors (Lipinski definition) is 4. The van der Waals surface area contributed by atoms with Gasteiger partial charge in [-0.2, -0.15) is 0 Å². The van der Waals surface area contributed by atoms with Crippen LogP contribution in [0.1, 0.15) is 26.2 Å². The largest absolute Gasteiger partial charge is 0.390 e. The van der Waals surface area contributed by atoms with E-state index in [4.69, 9.17) is 4.74 Å². The van der Waals surface area contributed by atoms with Gasteiger partial charge in [-0.25, -0.2) is 8.42 Å². The number of rotatable bonds is 4. The molecule has 0 amide bonds. The third kappa shape index (κ3) is 3.22. The Morgan fingerprint density at radius 3 is 2.64 bits per heavy atom. The maximum absolute atomic E-state index is 10.9. The summed E-state index contributed by atoms with van der Waals surface area (Å²) in [6.45, 7) is 2.50. The molecule has 14 heavy (non-hydrogen) atoms. The number of aliphatic hydroxyl groups excluding tert-OH is 1. The molecule has 0 aromatic carbocycles. The molecule has 1 fully saturated rings. The Morgan fingerprint density at radius 1 is 1.57 bits per heavy atom. The fraction of sp³-hybridized carbons (Fsp3) is 1.00. The lowest BCUT2D eigenvalue weighted by Crippen LogP contribution is -2.39. The van der Waals surface area contributed by atoms with E-state index in [0.29, 0.717) is 6.61 Å². The van der Waals surface area contributed by atoms with Crippen LogP contribution in [0.5, 0.6) is 0 Å². The lowest BCUT2D eigenvalue weighted by molar-refractivity contribution is -0.0780. The summed E-state index contributed by atoms with van der Waals surface area (Å²) in [4.78, 5) is 0. The van der Waals surface area contributed by atoms with Crippen LogP contribution in [0.3, 0.4) is 0 Å². The molecule has 0 aromatic heterocycles. The van der Waals surface area contributed by atoms with Crippen LogP contribution in [-0.4, -0.2) is 43.8 Å². The van der Waals surface area contributed by atoms with Crippen molar-refractivity contribution in [1.29, 1.82) is 0 Å². The van der Waals surface area contributed by atoms with Gasteiger partial charge in [-0.3, -0.25) is 0 Å². The van der Waals surface area contributed by atoms with E-state index in [2.05, 4.69) is 0 Å². The molecule has 1 aliphatic heterocycles. The maximum Gasteiger partial charge on any atom is 0.147 e. The molecule has 0 aromatic rings. The fourth-order valence-electron chi connectivity index (χ4n) is 1.69. The SMILES string of the molecule is CC1(C(O)CCS(C)(=O)=O)CCCO1. The van der Waals surface area contributed by atoms with Gasteiger partial charge in [0.2, 0.25) is 0 Å². The molecule has 2 atom stereocenters. The quantitative estimate of drug-likeness (QED) is 0.745. The van der Waals surface area contributed by atoms with Gasteiger partial charge in [-0.15, -0.1) is 0 Å². The topological polar surface area (TPSA) is 63.6 Å². The molecule has 4 nitrogen and oxygen atoms in total. The van der Waals surface area contributed by atoms with Crippen molar-refractivity contribution >= 4 is 9.84 Å². The maximum atomic E-state index is 10.9. The van der Waals surface area contributed by atoms with Crippen molar-refractivity contribution in [1.82, 2.24) is 0 Å². The van der Waals surface area contributed by atoms with Crippen LogP contribution in [0.25, 0.3) is 0 Å². The first-order valence-corrected chi connectivity index (χ1v) is 6.89. The van der Waals surface area contributed by atoms with E-state index in [9.17, 15) is 13.5 Å². The van der Waals surface area contributed by atoms with Crippen LogP contribution >= 0.6 is 0 Å². The van der Waals surface area contributed by atoms with Crippen molar-refractivity contribution in [3.63, 3.8) is 0 Å². The van der Waals surface area contributed by atoms with Crippen molar-refractivity contribution in [2.75, 3.05) is 18.6 Å². The number of hydrogen-bond donors (Lipinski definition) is 1. The van der Waals surface area contributed by atoms with Gasteiger partial charge in [0.05, 0.1) is 17.5 Å². The lowest BCUT2D eigenvalue weighted by Gasteiger charge is -2.29. The highest BCUT2D eigenvalue weighted by atomic mass is 32.2. The minimum Gasteiger partial charge on any atom is -0.390 e. The lowest BCUT2D eigenvalue weighted by atomic mass is 9.94. The molecular weight excluding hydrogens is 204 g/mol. The zero-order valence-corrected chi connectivity index (χ0v) is 9.51. The summed E-state index contributed by atoms with van der Waals surface area (Å²) in [5.41, 5.74) is -0.537. The molecule has 0 radical (unpaired) electrons. The minimum absolute atomic E-state index is 0.0209. The first kappa shape index (κ1) is 11.9. The molecule has 0 bridgehead atoms. The smallest absolute Gasteiger partial charge is 0.147 e. The fourth-order valence-corrected chi connectivity index (χ4v) is 2.35. The van der Waals surface area contributed by atoms with Crippen LogP contribution in [0.15, 0.2) is 0 Å². The second-order valence-corrected chi connectivity index (χ2v) is 6.46. The molecule has 5 heteroatoms. The van der Waals surface area contributed by atoms with Crippen LogP contribution in [-0.2, 0) is 14.6 Å². The van der Waals surface area contributed by atoms with Gasteiger partial charge >= 0.3 is 0 Å². The Labute approximate surface area is 85.2 Å². The molecule has 2 unspecified atom stereocenters. The Bertz CT molecular complexity index is 277. The molecular formula is C9H18O4S. The number of sulfone groups is 1. The molecule has 1 saturated heterocycles. The summed E-state index contributed by atoms with van der Waals surface area (Å²) in [7, 11) is -2.99. The van der Waals surface area contributed by atoms with Crippen molar-refractivity contribution in [2.24, 2.45) is 0 Å². The Balaban J connectivity index is 2.45. The summed E-state index contributed by atoms with van der Waals surface area (Å²) < 4.78 is 27.2. The highest BCUT2D eigenvalue weighted by molar-refractivity contribution is 7.90. The van der Waals surface area contributed by atoms with E-state index in [-0.39, 0.29) is 12.2 Å². The number of ether oxygens (including phenoxy) is 1. The monoisotopic (exact) mass is 222 g/mol. The van der Waals surface area contributed by atoms with Crippen molar-refractivity contribution in [3.8, 4) is 0 Å². The number of aliphatic hydroxyl groups is 1. The van der Waals surface area contributed by atoms with E-state index in [0.717, 1.165) is 12.8 Å². The summed E-state index contributed by atoms with van der Waals surface area (Å²) >= 11 is 0. The predicted molar refractivity (Wildman–Crippen MR) is 53.9 cm³/mol. The van der Waals surface area contributed by atoms with E-state index in [1.165, 1.54) is 6.26 Å². The van der Waals surface area contributed by atoms with Crippen molar-refractivity contribution < 1.29 is 18.3 Å². The van der Waals surface area contributed by atoms with E-state index >= 15 is 0 Å². The van der Waals surface area contributed by atoms with Gasteiger partial charge in [0, 0.05) is 12.9 Å². The van der Waals surface area contributed by atoms with Gasteiger partial charge in [-0.1, -0.05) is 0 Å². The second kappa shape index (κ2) is 4.16. The molecule has 0 saturated carbocycles. The molecule has 1 heterocycles. The average molecular weight is 222 g/mol. The second-order valence-electron chi connectivity index (χ2n) is 4.20. The molecule has 1 aliphatic rings. The average Bonchev–Trinajstić information content (AvgIpc) is 2.48. The first-order chi connectivity index (χ1) is 6.33. The van der Waals surface area contributed by atoms with E-state index < -0.39 is 21.5 Å². The summed E-state index contributed by atoms with van der Waals surface area (Å²) in [6.07, 6.45) is 2.50. The van der Waals surface area contributed by atoms with Gasteiger partial charge in [0.1, 0.15) is 9.84 Å². The molecule has 84 valence electrons. The summed E-state index contributed by atoms with van der Waals surface area (Å²) in [6, 6.07) is 0. The van der Waals surface area contributed by atoms with Crippen LogP contribution < -0.4 is 0 Å². The minimum atomic E-state index is -2.99.